The summed E-state index contributed by atoms with van der Waals surface area (Å²) in [5, 5.41) is 15.2. The molecule has 126 valence electrons. The number of oxime groups is 1. The Labute approximate surface area is 147 Å². The van der Waals surface area contributed by atoms with E-state index in [-0.39, 0.29) is 0 Å². The molecular weight excluding hydrogens is 310 g/mol. The van der Waals surface area contributed by atoms with Crippen LogP contribution in [0.5, 0.6) is 0 Å². The number of nitrogens with zero attached hydrogens (tertiary/aromatic N) is 1. The van der Waals surface area contributed by atoms with Crippen molar-refractivity contribution in [2.45, 2.75) is 25.2 Å². The molecule has 3 nitrogen and oxygen atoms in total. The number of fused-ring (bicyclic) bond motifs is 5. The number of allylic oxidation sites excluding steroid dienone is 1. The van der Waals surface area contributed by atoms with E-state index in [1.807, 2.05) is 12.1 Å². The number of hydrogen-bond donors (Lipinski definition) is 1. The molecule has 2 aliphatic rings. The summed E-state index contributed by atoms with van der Waals surface area (Å²) in [6.45, 7) is 0. The summed E-state index contributed by atoms with van der Waals surface area (Å²) in [7, 11) is 0. The highest BCUT2D eigenvalue weighted by atomic mass is 16.4. The zero-order valence-electron chi connectivity index (χ0n) is 14.0. The van der Waals surface area contributed by atoms with Crippen molar-refractivity contribution in [2.75, 3.05) is 0 Å². The average Bonchev–Trinajstić information content (AvgIpc) is 3.27. The molecule has 1 fully saturated rings. The second-order valence-corrected chi connectivity index (χ2v) is 6.62. The van der Waals surface area contributed by atoms with Crippen LogP contribution in [0.25, 0.3) is 16.8 Å². The van der Waals surface area contributed by atoms with Crippen molar-refractivity contribution < 1.29 is 9.62 Å². The van der Waals surface area contributed by atoms with Crippen LogP contribution in [0.3, 0.4) is 0 Å². The largest absolute Gasteiger partial charge is 0.473 e. The van der Waals surface area contributed by atoms with Crippen molar-refractivity contribution in [2.24, 2.45) is 11.1 Å². The van der Waals surface area contributed by atoms with Gasteiger partial charge < -0.3 is 9.62 Å². The first-order chi connectivity index (χ1) is 12.4. The zero-order chi connectivity index (χ0) is 17.1. The molecule has 0 radical (unpaired) electrons. The van der Waals surface area contributed by atoms with Gasteiger partial charge in [-0.3, -0.25) is 0 Å². The van der Waals surface area contributed by atoms with E-state index in [1.165, 1.54) is 21.9 Å². The fourth-order valence-corrected chi connectivity index (χ4v) is 3.97. The van der Waals surface area contributed by atoms with Gasteiger partial charge in [-0.1, -0.05) is 53.7 Å². The van der Waals surface area contributed by atoms with Crippen molar-refractivity contribution in [3.63, 3.8) is 0 Å². The predicted octanol–water partition coefficient (Wildman–Crippen LogP) is 5.86. The summed E-state index contributed by atoms with van der Waals surface area (Å²) in [6, 6.07) is 16.7. The van der Waals surface area contributed by atoms with Crippen molar-refractivity contribution in [1.29, 1.82) is 0 Å². The van der Waals surface area contributed by atoms with E-state index in [2.05, 4.69) is 58.1 Å². The highest BCUT2D eigenvalue weighted by Crippen LogP contribution is 2.44. The second kappa shape index (κ2) is 6.98. The van der Waals surface area contributed by atoms with Gasteiger partial charge in [-0.15, -0.1) is 0 Å². The highest BCUT2D eigenvalue weighted by Gasteiger charge is 2.32. The molecule has 2 unspecified atom stereocenters. The third-order valence-corrected chi connectivity index (χ3v) is 5.22. The Morgan fingerprint density at radius 1 is 1.00 bits per heavy atom. The second-order valence-electron chi connectivity index (χ2n) is 6.62. The van der Waals surface area contributed by atoms with Crippen LogP contribution in [-0.2, 0) is 0 Å². The molecule has 5 rings (SSSR count). The molecule has 3 aromatic rings. The van der Waals surface area contributed by atoms with Gasteiger partial charge in [0.25, 0.3) is 0 Å². The van der Waals surface area contributed by atoms with Gasteiger partial charge in [-0.2, -0.15) is 0 Å². The fraction of sp³-hybridized carbons (Fsp3) is 0.227. The molecule has 0 bridgehead atoms. The number of benzene rings is 2. The molecule has 2 aromatic carbocycles. The summed E-state index contributed by atoms with van der Waals surface area (Å²) in [6.07, 6.45) is 10.8. The molecular formula is C22H21NO2. The molecule has 1 saturated carbocycles. The molecule has 0 spiro atoms. The van der Waals surface area contributed by atoms with E-state index in [0.29, 0.717) is 11.8 Å². The maximum absolute atomic E-state index is 9.07. The molecule has 0 saturated heterocycles. The lowest BCUT2D eigenvalue weighted by atomic mass is 9.70. The molecule has 2 atom stereocenters. The Kier molecular flexibility index (Phi) is 4.38. The Morgan fingerprint density at radius 3 is 2.60 bits per heavy atom. The highest BCUT2D eigenvalue weighted by molar-refractivity contribution is 5.94. The Balaban J connectivity index is 0.000000272. The number of rotatable bonds is 0. The third kappa shape index (κ3) is 3.10. The van der Waals surface area contributed by atoms with Crippen LogP contribution in [-0.4, -0.2) is 10.9 Å². The topological polar surface area (TPSA) is 45.7 Å². The minimum atomic E-state index is 0.472. The first-order valence-electron chi connectivity index (χ1n) is 8.73. The molecule has 1 aromatic heterocycles. The maximum atomic E-state index is 9.07. The first-order valence-corrected chi connectivity index (χ1v) is 8.73. The molecule has 3 heteroatoms. The van der Waals surface area contributed by atoms with E-state index in [1.54, 1.807) is 12.5 Å². The molecule has 1 heterocycles. The van der Waals surface area contributed by atoms with Crippen molar-refractivity contribution >= 4 is 22.6 Å². The number of hydrogen-bond acceptors (Lipinski definition) is 3. The Hall–Kier alpha value is -2.81. The van der Waals surface area contributed by atoms with Gasteiger partial charge in [-0.05, 0) is 65.1 Å². The quantitative estimate of drug-likeness (QED) is 0.414. The van der Waals surface area contributed by atoms with Crippen LogP contribution in [0, 0.1) is 5.92 Å². The smallest absolute Gasteiger partial charge is 0.0902 e. The average molecular weight is 331 g/mol. The normalized spacial score (nSPS) is 22.8. The number of furan rings is 1. The van der Waals surface area contributed by atoms with Crippen molar-refractivity contribution in [1.82, 2.24) is 0 Å². The van der Waals surface area contributed by atoms with Crippen LogP contribution in [0.1, 0.15) is 36.3 Å². The molecule has 1 N–H and O–H groups in total. The van der Waals surface area contributed by atoms with E-state index >= 15 is 0 Å². The summed E-state index contributed by atoms with van der Waals surface area (Å²) < 4.78 is 4.58. The maximum Gasteiger partial charge on any atom is 0.0902 e. The summed E-state index contributed by atoms with van der Waals surface area (Å²) >= 11 is 0. The van der Waals surface area contributed by atoms with Gasteiger partial charge >= 0.3 is 0 Å². The predicted molar refractivity (Wildman–Crippen MR) is 101 cm³/mol. The van der Waals surface area contributed by atoms with Crippen LogP contribution < -0.4 is 0 Å². The minimum absolute atomic E-state index is 0.472. The van der Waals surface area contributed by atoms with E-state index in [4.69, 9.17) is 5.21 Å². The van der Waals surface area contributed by atoms with Crippen LogP contribution in [0.15, 0.2) is 76.7 Å². The molecule has 0 aliphatic heterocycles. The SMILES string of the molecule is ON=C1CCC2C=Cc3c(ccc4ccccc34)C2C1.c1ccoc1. The standard InChI is InChI=1S/C18H17NO.C4H4O/c20-19-14-8-5-13-7-9-16-15-4-2-1-3-12(15)6-10-17(16)18(13)11-14;1-2-4-5-3-1/h1-4,6-7,9-10,13,18,20H,5,8,11H2;1-4H. The van der Waals surface area contributed by atoms with E-state index in [9.17, 15) is 0 Å². The van der Waals surface area contributed by atoms with E-state index < -0.39 is 0 Å². The molecule has 2 aliphatic carbocycles. The minimum Gasteiger partial charge on any atom is -0.473 e. The lowest BCUT2D eigenvalue weighted by molar-refractivity contribution is 0.310. The van der Waals surface area contributed by atoms with Gasteiger partial charge in [0.05, 0.1) is 18.2 Å². The van der Waals surface area contributed by atoms with Gasteiger partial charge in [-0.25, -0.2) is 0 Å². The van der Waals surface area contributed by atoms with Crippen molar-refractivity contribution in [3.05, 3.63) is 78.3 Å². The molecule has 0 amide bonds. The third-order valence-electron chi connectivity index (χ3n) is 5.22. The lowest BCUT2D eigenvalue weighted by Crippen LogP contribution is -2.24. The van der Waals surface area contributed by atoms with E-state index in [0.717, 1.165) is 25.0 Å². The fourth-order valence-electron chi connectivity index (χ4n) is 3.97. The van der Waals surface area contributed by atoms with Gasteiger partial charge in [0.1, 0.15) is 0 Å². The van der Waals surface area contributed by atoms with Crippen LogP contribution >= 0.6 is 0 Å². The molecule has 25 heavy (non-hydrogen) atoms. The van der Waals surface area contributed by atoms with Gasteiger partial charge in [0.2, 0.25) is 0 Å². The van der Waals surface area contributed by atoms with Gasteiger partial charge in [0, 0.05) is 0 Å². The lowest BCUT2D eigenvalue weighted by Gasteiger charge is -2.34. The first kappa shape index (κ1) is 15.7. The van der Waals surface area contributed by atoms with Crippen molar-refractivity contribution in [3.8, 4) is 0 Å². The van der Waals surface area contributed by atoms with Crippen LogP contribution in [0.2, 0.25) is 0 Å². The summed E-state index contributed by atoms with van der Waals surface area (Å²) in [5.41, 5.74) is 3.71. The Morgan fingerprint density at radius 2 is 1.84 bits per heavy atom. The summed E-state index contributed by atoms with van der Waals surface area (Å²) in [4.78, 5) is 0. The Bertz CT molecular complexity index is 892. The zero-order valence-corrected chi connectivity index (χ0v) is 14.0. The summed E-state index contributed by atoms with van der Waals surface area (Å²) in [5.74, 6) is 1.06. The van der Waals surface area contributed by atoms with Crippen LogP contribution in [0.4, 0.5) is 0 Å². The van der Waals surface area contributed by atoms with Gasteiger partial charge in [0.15, 0.2) is 0 Å². The monoisotopic (exact) mass is 331 g/mol.